The molecule has 0 aromatic carbocycles. The number of ether oxygens (including phenoxy) is 1. The molecule has 1 aromatic rings. The number of methoxy groups -OCH3 is 1. The fourth-order valence-corrected chi connectivity index (χ4v) is 2.10. The van der Waals surface area contributed by atoms with Crippen molar-refractivity contribution in [3.8, 4) is 0 Å². The SMILES string of the molecule is CCCNc1nc(CCC(C)C)nc(COC)c1Br. The van der Waals surface area contributed by atoms with Gasteiger partial charge in [0.2, 0.25) is 0 Å². The van der Waals surface area contributed by atoms with Crippen LogP contribution in [0.4, 0.5) is 5.82 Å². The number of aromatic nitrogens is 2. The number of aryl methyl sites for hydroxylation is 1. The third kappa shape index (κ3) is 5.45. The molecule has 0 saturated heterocycles. The van der Waals surface area contributed by atoms with Gasteiger partial charge in [0.25, 0.3) is 0 Å². The van der Waals surface area contributed by atoms with Crippen LogP contribution in [0.15, 0.2) is 4.47 Å². The first-order valence-electron chi connectivity index (χ1n) is 6.86. The van der Waals surface area contributed by atoms with E-state index in [-0.39, 0.29) is 0 Å². The second-order valence-electron chi connectivity index (χ2n) is 5.04. The van der Waals surface area contributed by atoms with Crippen LogP contribution in [-0.2, 0) is 17.8 Å². The number of anilines is 1. The van der Waals surface area contributed by atoms with Gasteiger partial charge in [-0.2, -0.15) is 0 Å². The zero-order valence-corrected chi connectivity index (χ0v) is 13.9. The van der Waals surface area contributed by atoms with Gasteiger partial charge >= 0.3 is 0 Å². The first kappa shape index (κ1) is 16.4. The molecule has 1 heterocycles. The maximum atomic E-state index is 5.20. The smallest absolute Gasteiger partial charge is 0.144 e. The number of hydrogen-bond donors (Lipinski definition) is 1. The molecule has 0 aliphatic carbocycles. The average Bonchev–Trinajstić information content (AvgIpc) is 2.38. The Morgan fingerprint density at radius 1 is 1.32 bits per heavy atom. The molecule has 1 N–H and O–H groups in total. The largest absolute Gasteiger partial charge is 0.378 e. The number of nitrogens with zero attached hydrogens (tertiary/aromatic N) is 2. The monoisotopic (exact) mass is 329 g/mol. The number of hydrogen-bond acceptors (Lipinski definition) is 4. The van der Waals surface area contributed by atoms with E-state index < -0.39 is 0 Å². The Morgan fingerprint density at radius 2 is 2.05 bits per heavy atom. The molecule has 0 spiro atoms. The lowest BCUT2D eigenvalue weighted by Crippen LogP contribution is -2.10. The summed E-state index contributed by atoms with van der Waals surface area (Å²) in [4.78, 5) is 9.18. The van der Waals surface area contributed by atoms with Crippen LogP contribution in [0.3, 0.4) is 0 Å². The highest BCUT2D eigenvalue weighted by Crippen LogP contribution is 2.25. The van der Waals surface area contributed by atoms with Gasteiger partial charge in [-0.15, -0.1) is 0 Å². The van der Waals surface area contributed by atoms with Crippen molar-refractivity contribution in [2.24, 2.45) is 5.92 Å². The third-order valence-corrected chi connectivity index (χ3v) is 3.57. The lowest BCUT2D eigenvalue weighted by molar-refractivity contribution is 0.180. The Morgan fingerprint density at radius 3 is 2.63 bits per heavy atom. The van der Waals surface area contributed by atoms with E-state index in [0.717, 1.165) is 47.6 Å². The van der Waals surface area contributed by atoms with E-state index in [1.54, 1.807) is 7.11 Å². The summed E-state index contributed by atoms with van der Waals surface area (Å²) in [7, 11) is 1.68. The van der Waals surface area contributed by atoms with E-state index in [0.29, 0.717) is 12.5 Å². The van der Waals surface area contributed by atoms with Gasteiger partial charge in [0, 0.05) is 20.1 Å². The van der Waals surface area contributed by atoms with E-state index in [1.807, 2.05) is 0 Å². The fraction of sp³-hybridized carbons (Fsp3) is 0.714. The molecule has 0 unspecified atom stereocenters. The van der Waals surface area contributed by atoms with Crippen molar-refractivity contribution in [3.63, 3.8) is 0 Å². The molecule has 0 amide bonds. The van der Waals surface area contributed by atoms with Crippen LogP contribution in [0, 0.1) is 5.92 Å². The van der Waals surface area contributed by atoms with Crippen LogP contribution < -0.4 is 5.32 Å². The summed E-state index contributed by atoms with van der Waals surface area (Å²) in [6.45, 7) is 7.97. The molecule has 0 saturated carbocycles. The van der Waals surface area contributed by atoms with E-state index in [9.17, 15) is 0 Å². The molecule has 1 rings (SSSR count). The van der Waals surface area contributed by atoms with Gasteiger partial charge in [0.05, 0.1) is 16.8 Å². The fourth-order valence-electron chi connectivity index (χ4n) is 1.67. The number of nitrogens with one attached hydrogen (secondary N) is 1. The Hall–Kier alpha value is -0.680. The minimum Gasteiger partial charge on any atom is -0.378 e. The zero-order chi connectivity index (χ0) is 14.3. The predicted octanol–water partition coefficient (Wildman–Crippen LogP) is 3.80. The molecule has 0 atom stereocenters. The molecule has 0 aliphatic heterocycles. The molecule has 0 fully saturated rings. The first-order valence-corrected chi connectivity index (χ1v) is 7.65. The van der Waals surface area contributed by atoms with Crippen molar-refractivity contribution in [1.82, 2.24) is 9.97 Å². The van der Waals surface area contributed by atoms with Crippen LogP contribution >= 0.6 is 15.9 Å². The van der Waals surface area contributed by atoms with Gasteiger partial charge in [0.15, 0.2) is 0 Å². The lowest BCUT2D eigenvalue weighted by Gasteiger charge is -2.13. The molecule has 0 aliphatic rings. The minimum atomic E-state index is 0.499. The van der Waals surface area contributed by atoms with Crippen molar-refractivity contribution >= 4 is 21.7 Å². The molecule has 19 heavy (non-hydrogen) atoms. The predicted molar refractivity (Wildman–Crippen MR) is 82.4 cm³/mol. The first-order chi connectivity index (χ1) is 9.08. The van der Waals surface area contributed by atoms with Crippen LogP contribution in [0.2, 0.25) is 0 Å². The van der Waals surface area contributed by atoms with Gasteiger partial charge in [-0.3, -0.25) is 0 Å². The number of halogens is 1. The highest BCUT2D eigenvalue weighted by molar-refractivity contribution is 9.10. The summed E-state index contributed by atoms with van der Waals surface area (Å²) in [6.07, 6.45) is 3.07. The van der Waals surface area contributed by atoms with Crippen molar-refractivity contribution < 1.29 is 4.74 Å². The van der Waals surface area contributed by atoms with Crippen LogP contribution in [0.1, 0.15) is 45.1 Å². The summed E-state index contributed by atoms with van der Waals surface area (Å²) in [6, 6.07) is 0. The standard InChI is InChI=1S/C14H24BrN3O/c1-5-8-16-14-13(15)11(9-19-4)17-12(18-14)7-6-10(2)3/h10H,5-9H2,1-4H3,(H,16,17,18). The summed E-state index contributed by atoms with van der Waals surface area (Å²) in [5.74, 6) is 2.43. The molecule has 4 nitrogen and oxygen atoms in total. The van der Waals surface area contributed by atoms with E-state index >= 15 is 0 Å². The Bertz CT molecular complexity index is 397. The third-order valence-electron chi connectivity index (χ3n) is 2.73. The molecule has 5 heteroatoms. The zero-order valence-electron chi connectivity index (χ0n) is 12.3. The second kappa shape index (κ2) is 8.48. The molecule has 1 aromatic heterocycles. The topological polar surface area (TPSA) is 47.0 Å². The molecular formula is C14H24BrN3O. The molecule has 0 radical (unpaired) electrons. The van der Waals surface area contributed by atoms with Crippen LogP contribution in [0.5, 0.6) is 0 Å². The van der Waals surface area contributed by atoms with Gasteiger partial charge in [-0.1, -0.05) is 20.8 Å². The van der Waals surface area contributed by atoms with Crippen molar-refractivity contribution in [1.29, 1.82) is 0 Å². The van der Waals surface area contributed by atoms with Crippen molar-refractivity contribution in [2.75, 3.05) is 19.0 Å². The normalized spacial score (nSPS) is 11.1. The Labute approximate surface area is 124 Å². The van der Waals surface area contributed by atoms with E-state index in [2.05, 4.69) is 52.0 Å². The van der Waals surface area contributed by atoms with Gasteiger partial charge < -0.3 is 10.1 Å². The van der Waals surface area contributed by atoms with Crippen molar-refractivity contribution in [2.45, 2.75) is 46.6 Å². The summed E-state index contributed by atoms with van der Waals surface area (Å²) < 4.78 is 6.11. The summed E-state index contributed by atoms with van der Waals surface area (Å²) in [5, 5.41) is 3.34. The van der Waals surface area contributed by atoms with Crippen molar-refractivity contribution in [3.05, 3.63) is 16.0 Å². The average molecular weight is 330 g/mol. The summed E-state index contributed by atoms with van der Waals surface area (Å²) in [5.41, 5.74) is 0.912. The maximum Gasteiger partial charge on any atom is 0.144 e. The van der Waals surface area contributed by atoms with Gasteiger partial charge in [-0.25, -0.2) is 9.97 Å². The van der Waals surface area contributed by atoms with Crippen LogP contribution in [-0.4, -0.2) is 23.6 Å². The molecular weight excluding hydrogens is 306 g/mol. The lowest BCUT2D eigenvalue weighted by atomic mass is 10.1. The van der Waals surface area contributed by atoms with Gasteiger partial charge in [0.1, 0.15) is 11.6 Å². The minimum absolute atomic E-state index is 0.499. The number of rotatable bonds is 8. The maximum absolute atomic E-state index is 5.20. The molecule has 0 bridgehead atoms. The highest BCUT2D eigenvalue weighted by Gasteiger charge is 2.12. The van der Waals surface area contributed by atoms with E-state index in [1.165, 1.54) is 0 Å². The van der Waals surface area contributed by atoms with E-state index in [4.69, 9.17) is 4.74 Å². The van der Waals surface area contributed by atoms with Crippen LogP contribution in [0.25, 0.3) is 0 Å². The second-order valence-corrected chi connectivity index (χ2v) is 5.83. The molecule has 108 valence electrons. The quantitative estimate of drug-likeness (QED) is 0.788. The Kier molecular flexibility index (Phi) is 7.31. The highest BCUT2D eigenvalue weighted by atomic mass is 79.9. The van der Waals surface area contributed by atoms with Gasteiger partial charge in [-0.05, 0) is 34.7 Å². The Balaban J connectivity index is 2.93. The summed E-state index contributed by atoms with van der Waals surface area (Å²) >= 11 is 3.56.